The number of amides is 2. The number of rotatable bonds is 7. The minimum absolute atomic E-state index is 0.0476. The number of aliphatic carboxylic acids is 1. The molecule has 16 heavy (non-hydrogen) atoms. The Morgan fingerprint density at radius 1 is 1.44 bits per heavy atom. The zero-order valence-corrected chi connectivity index (χ0v) is 9.82. The van der Waals surface area contributed by atoms with Crippen molar-refractivity contribution >= 4 is 12.0 Å². The predicted octanol–water partition coefficient (Wildman–Crippen LogP) is 1.50. The summed E-state index contributed by atoms with van der Waals surface area (Å²) in [5.41, 5.74) is 0. The Hall–Kier alpha value is -1.52. The van der Waals surface area contributed by atoms with Crippen LogP contribution in [-0.4, -0.2) is 29.2 Å². The molecule has 2 amide bonds. The van der Waals surface area contributed by atoms with E-state index in [1.54, 1.807) is 6.08 Å². The summed E-state index contributed by atoms with van der Waals surface area (Å²) in [6.07, 6.45) is 3.49. The van der Waals surface area contributed by atoms with Gasteiger partial charge in [-0.05, 0) is 19.8 Å². The summed E-state index contributed by atoms with van der Waals surface area (Å²) in [5.74, 6) is -1.01. The van der Waals surface area contributed by atoms with Gasteiger partial charge in [0.1, 0.15) is 6.04 Å². The van der Waals surface area contributed by atoms with Crippen LogP contribution in [0, 0.1) is 0 Å². The van der Waals surface area contributed by atoms with Gasteiger partial charge in [-0.15, -0.1) is 6.58 Å². The van der Waals surface area contributed by atoms with Gasteiger partial charge in [0.15, 0.2) is 0 Å². The van der Waals surface area contributed by atoms with Gasteiger partial charge in [-0.25, -0.2) is 9.59 Å². The van der Waals surface area contributed by atoms with Crippen molar-refractivity contribution in [1.82, 2.24) is 10.6 Å². The van der Waals surface area contributed by atoms with E-state index in [2.05, 4.69) is 17.2 Å². The summed E-state index contributed by atoms with van der Waals surface area (Å²) < 4.78 is 0. The Morgan fingerprint density at radius 2 is 2.06 bits per heavy atom. The van der Waals surface area contributed by atoms with Crippen LogP contribution < -0.4 is 10.6 Å². The molecule has 0 rings (SSSR count). The van der Waals surface area contributed by atoms with E-state index in [-0.39, 0.29) is 6.04 Å². The molecule has 92 valence electrons. The fourth-order valence-electron chi connectivity index (χ4n) is 1.28. The fourth-order valence-corrected chi connectivity index (χ4v) is 1.28. The Labute approximate surface area is 95.9 Å². The van der Waals surface area contributed by atoms with Crippen LogP contribution in [0.2, 0.25) is 0 Å². The molecule has 0 aliphatic carbocycles. The van der Waals surface area contributed by atoms with Crippen molar-refractivity contribution < 1.29 is 14.7 Å². The van der Waals surface area contributed by atoms with Crippen LogP contribution >= 0.6 is 0 Å². The number of hydrogen-bond donors (Lipinski definition) is 3. The number of carbonyl (C=O) groups excluding carboxylic acids is 1. The molecule has 2 atom stereocenters. The number of carboxylic acids is 1. The second-order valence-corrected chi connectivity index (χ2v) is 3.72. The zero-order chi connectivity index (χ0) is 12.6. The summed E-state index contributed by atoms with van der Waals surface area (Å²) in [6, 6.07) is -1.32. The lowest BCUT2D eigenvalue weighted by molar-refractivity contribution is -0.139. The molecule has 0 bridgehead atoms. The molecule has 0 aliphatic rings. The molecule has 0 saturated carbocycles. The van der Waals surface area contributed by atoms with Crippen molar-refractivity contribution in [2.24, 2.45) is 0 Å². The van der Waals surface area contributed by atoms with Crippen LogP contribution in [0.25, 0.3) is 0 Å². The minimum Gasteiger partial charge on any atom is -0.480 e. The van der Waals surface area contributed by atoms with E-state index in [4.69, 9.17) is 5.11 Å². The molecular weight excluding hydrogens is 208 g/mol. The van der Waals surface area contributed by atoms with Crippen molar-refractivity contribution in [3.63, 3.8) is 0 Å². The van der Waals surface area contributed by atoms with Crippen LogP contribution in [-0.2, 0) is 4.79 Å². The highest BCUT2D eigenvalue weighted by atomic mass is 16.4. The number of urea groups is 1. The smallest absolute Gasteiger partial charge is 0.326 e. The second-order valence-electron chi connectivity index (χ2n) is 3.72. The van der Waals surface area contributed by atoms with Crippen LogP contribution in [0.3, 0.4) is 0 Å². The molecule has 0 heterocycles. The topological polar surface area (TPSA) is 78.4 Å². The summed E-state index contributed by atoms with van der Waals surface area (Å²) in [4.78, 5) is 22.2. The van der Waals surface area contributed by atoms with Gasteiger partial charge < -0.3 is 15.7 Å². The van der Waals surface area contributed by atoms with E-state index in [0.29, 0.717) is 19.3 Å². The first kappa shape index (κ1) is 14.5. The monoisotopic (exact) mass is 228 g/mol. The zero-order valence-electron chi connectivity index (χ0n) is 9.82. The van der Waals surface area contributed by atoms with Crippen LogP contribution in [0.5, 0.6) is 0 Å². The summed E-state index contributed by atoms with van der Waals surface area (Å²) in [7, 11) is 0. The van der Waals surface area contributed by atoms with E-state index >= 15 is 0 Å². The fraction of sp³-hybridized carbons (Fsp3) is 0.636. The van der Waals surface area contributed by atoms with E-state index < -0.39 is 18.0 Å². The maximum absolute atomic E-state index is 11.4. The Balaban J connectivity index is 4.08. The number of nitrogens with one attached hydrogen (secondary N) is 2. The van der Waals surface area contributed by atoms with E-state index in [9.17, 15) is 9.59 Å². The van der Waals surface area contributed by atoms with Gasteiger partial charge in [0.05, 0.1) is 0 Å². The van der Waals surface area contributed by atoms with Gasteiger partial charge in [-0.2, -0.15) is 0 Å². The molecule has 3 N–H and O–H groups in total. The standard InChI is InChI=1S/C11H20N2O3/c1-4-6-8(3)12-11(16)13-9(7-5-2)10(14)15/h4,8-9H,1,5-7H2,2-3H3,(H,14,15)(H2,12,13,16). The van der Waals surface area contributed by atoms with E-state index in [1.807, 2.05) is 13.8 Å². The number of hydrogen-bond acceptors (Lipinski definition) is 2. The van der Waals surface area contributed by atoms with Crippen LogP contribution in [0.4, 0.5) is 4.79 Å². The highest BCUT2D eigenvalue weighted by Gasteiger charge is 2.18. The minimum atomic E-state index is -1.01. The third-order valence-corrected chi connectivity index (χ3v) is 2.08. The van der Waals surface area contributed by atoms with Crippen LogP contribution in [0.1, 0.15) is 33.1 Å². The quantitative estimate of drug-likeness (QED) is 0.578. The van der Waals surface area contributed by atoms with E-state index in [1.165, 1.54) is 0 Å². The van der Waals surface area contributed by atoms with Gasteiger partial charge >= 0.3 is 12.0 Å². The average molecular weight is 228 g/mol. The van der Waals surface area contributed by atoms with Crippen molar-refractivity contribution in [2.75, 3.05) is 0 Å². The van der Waals surface area contributed by atoms with Gasteiger partial charge in [0.2, 0.25) is 0 Å². The third kappa shape index (κ3) is 6.06. The Bertz CT molecular complexity index is 254. The molecule has 0 aromatic carbocycles. The summed E-state index contributed by atoms with van der Waals surface area (Å²) in [5, 5.41) is 13.9. The Morgan fingerprint density at radius 3 is 2.50 bits per heavy atom. The highest BCUT2D eigenvalue weighted by molar-refractivity contribution is 5.82. The molecule has 5 nitrogen and oxygen atoms in total. The molecule has 0 fully saturated rings. The predicted molar refractivity (Wildman–Crippen MR) is 62.3 cm³/mol. The molecule has 2 unspecified atom stereocenters. The van der Waals surface area contributed by atoms with Crippen molar-refractivity contribution in [3.05, 3.63) is 12.7 Å². The van der Waals surface area contributed by atoms with Gasteiger partial charge in [-0.3, -0.25) is 0 Å². The van der Waals surface area contributed by atoms with Gasteiger partial charge in [0, 0.05) is 6.04 Å². The van der Waals surface area contributed by atoms with Crippen molar-refractivity contribution in [1.29, 1.82) is 0 Å². The van der Waals surface area contributed by atoms with Crippen molar-refractivity contribution in [2.45, 2.75) is 45.2 Å². The normalized spacial score (nSPS) is 13.6. The molecule has 5 heteroatoms. The molecular formula is C11H20N2O3. The van der Waals surface area contributed by atoms with Crippen LogP contribution in [0.15, 0.2) is 12.7 Å². The van der Waals surface area contributed by atoms with Crippen molar-refractivity contribution in [3.8, 4) is 0 Å². The lowest BCUT2D eigenvalue weighted by Crippen LogP contribution is -2.48. The first-order chi connectivity index (χ1) is 7.51. The van der Waals surface area contributed by atoms with Gasteiger partial charge in [0.25, 0.3) is 0 Å². The summed E-state index contributed by atoms with van der Waals surface area (Å²) >= 11 is 0. The molecule has 0 aromatic rings. The Kier molecular flexibility index (Phi) is 7.00. The summed E-state index contributed by atoms with van der Waals surface area (Å²) in [6.45, 7) is 7.26. The van der Waals surface area contributed by atoms with Gasteiger partial charge in [-0.1, -0.05) is 19.4 Å². The molecule has 0 aromatic heterocycles. The lowest BCUT2D eigenvalue weighted by Gasteiger charge is -2.17. The molecule has 0 saturated heterocycles. The second kappa shape index (κ2) is 7.73. The first-order valence-corrected chi connectivity index (χ1v) is 5.42. The average Bonchev–Trinajstić information content (AvgIpc) is 2.16. The number of carboxylic acid groups (broad SMARTS) is 1. The SMILES string of the molecule is C=CCC(C)NC(=O)NC(CCC)C(=O)O. The largest absolute Gasteiger partial charge is 0.480 e. The third-order valence-electron chi connectivity index (χ3n) is 2.08. The highest BCUT2D eigenvalue weighted by Crippen LogP contribution is 1.97. The number of carbonyl (C=O) groups is 2. The first-order valence-electron chi connectivity index (χ1n) is 5.42. The molecule has 0 radical (unpaired) electrons. The maximum atomic E-state index is 11.4. The van der Waals surface area contributed by atoms with E-state index in [0.717, 1.165) is 0 Å². The maximum Gasteiger partial charge on any atom is 0.326 e. The lowest BCUT2D eigenvalue weighted by atomic mass is 10.2. The molecule has 0 spiro atoms. The molecule has 0 aliphatic heterocycles.